The van der Waals surface area contributed by atoms with E-state index < -0.39 is 0 Å². The number of imidazole rings is 1. The van der Waals surface area contributed by atoms with Crippen LogP contribution in [-0.2, 0) is 0 Å². The van der Waals surface area contributed by atoms with Gasteiger partial charge in [-0.1, -0.05) is 18.2 Å². The maximum atomic E-state index is 9.75. The Hall–Kier alpha value is -3.31. The molecule has 0 amide bonds. The smallest absolute Gasteiger partial charge is 0.0977 e. The van der Waals surface area contributed by atoms with Crippen molar-refractivity contribution < 1.29 is 5.11 Å². The van der Waals surface area contributed by atoms with Crippen LogP contribution >= 0.6 is 0 Å². The van der Waals surface area contributed by atoms with E-state index in [0.29, 0.717) is 6.42 Å². The zero-order chi connectivity index (χ0) is 19.8. The van der Waals surface area contributed by atoms with Crippen LogP contribution in [0.5, 0.6) is 0 Å². The first-order chi connectivity index (χ1) is 14.2. The number of H-pyrrole nitrogens is 1. The van der Waals surface area contributed by atoms with Crippen LogP contribution in [0, 0.1) is 6.92 Å². The van der Waals surface area contributed by atoms with E-state index in [4.69, 9.17) is 0 Å². The summed E-state index contributed by atoms with van der Waals surface area (Å²) in [7, 11) is 0. The summed E-state index contributed by atoms with van der Waals surface area (Å²) < 4.78 is 0. The second kappa shape index (κ2) is 7.26. The second-order valence-electron chi connectivity index (χ2n) is 7.58. The molecule has 0 bridgehead atoms. The number of fused-ring (bicyclic) bond motifs is 1. The lowest BCUT2D eigenvalue weighted by atomic mass is 9.92. The minimum atomic E-state index is -0.216. The molecule has 144 valence electrons. The molecule has 1 aliphatic carbocycles. The molecule has 0 spiro atoms. The normalized spacial score (nSPS) is 16.8. The Kier molecular flexibility index (Phi) is 4.45. The summed E-state index contributed by atoms with van der Waals surface area (Å²) in [5.74, 6) is 0. The molecule has 0 saturated carbocycles. The van der Waals surface area contributed by atoms with E-state index in [1.54, 1.807) is 6.33 Å². The van der Waals surface area contributed by atoms with E-state index in [1.807, 2.05) is 37.4 Å². The number of hydrogen-bond acceptors (Lipinski definition) is 4. The number of aromatic nitrogens is 4. The van der Waals surface area contributed by atoms with Crippen LogP contribution in [0.2, 0.25) is 0 Å². The minimum Gasteiger partial charge on any atom is -0.393 e. The molecule has 1 aliphatic rings. The zero-order valence-electron chi connectivity index (χ0n) is 16.3. The molecule has 5 nitrogen and oxygen atoms in total. The molecule has 0 saturated heterocycles. The fourth-order valence-electron chi connectivity index (χ4n) is 3.93. The van der Waals surface area contributed by atoms with Gasteiger partial charge in [0, 0.05) is 22.8 Å². The number of aryl methyl sites for hydroxylation is 1. The first-order valence-electron chi connectivity index (χ1n) is 9.92. The Morgan fingerprint density at radius 3 is 2.79 bits per heavy atom. The van der Waals surface area contributed by atoms with E-state index in [9.17, 15) is 5.11 Å². The van der Waals surface area contributed by atoms with Gasteiger partial charge >= 0.3 is 0 Å². The van der Waals surface area contributed by atoms with Crippen LogP contribution in [0.25, 0.3) is 39.1 Å². The van der Waals surface area contributed by atoms with Crippen LogP contribution in [0.1, 0.15) is 30.5 Å². The molecule has 1 atom stereocenters. The van der Waals surface area contributed by atoms with Crippen molar-refractivity contribution in [3.63, 3.8) is 0 Å². The number of allylic oxidation sites excluding steroid dienone is 1. The number of aliphatic hydroxyl groups is 1. The van der Waals surface area contributed by atoms with Crippen molar-refractivity contribution in [2.75, 3.05) is 0 Å². The highest BCUT2D eigenvalue weighted by Gasteiger charge is 2.15. The van der Waals surface area contributed by atoms with Gasteiger partial charge in [-0.3, -0.25) is 9.97 Å². The van der Waals surface area contributed by atoms with Crippen molar-refractivity contribution in [1.29, 1.82) is 0 Å². The molecule has 5 rings (SSSR count). The zero-order valence-corrected chi connectivity index (χ0v) is 16.3. The summed E-state index contributed by atoms with van der Waals surface area (Å²) in [6.45, 7) is 1.99. The molecule has 1 unspecified atom stereocenters. The Morgan fingerprint density at radius 1 is 1.07 bits per heavy atom. The molecular weight excluding hydrogens is 360 g/mol. The summed E-state index contributed by atoms with van der Waals surface area (Å²) in [4.78, 5) is 17.1. The first kappa shape index (κ1) is 17.8. The molecule has 5 heteroatoms. The van der Waals surface area contributed by atoms with Crippen LogP contribution in [0.15, 0.2) is 61.1 Å². The van der Waals surface area contributed by atoms with Gasteiger partial charge in [0.1, 0.15) is 0 Å². The summed E-state index contributed by atoms with van der Waals surface area (Å²) in [6.07, 6.45) is 7.98. The molecule has 4 aromatic rings. The molecule has 3 heterocycles. The van der Waals surface area contributed by atoms with Crippen LogP contribution in [0.3, 0.4) is 0 Å². The average molecular weight is 382 g/mol. The molecule has 29 heavy (non-hydrogen) atoms. The second-order valence-corrected chi connectivity index (χ2v) is 7.58. The molecule has 1 aromatic carbocycles. The van der Waals surface area contributed by atoms with Crippen LogP contribution < -0.4 is 0 Å². The number of nitrogens with zero attached hydrogens (tertiary/aromatic N) is 3. The monoisotopic (exact) mass is 382 g/mol. The predicted molar refractivity (Wildman–Crippen MR) is 115 cm³/mol. The Balaban J connectivity index is 1.56. The summed E-state index contributed by atoms with van der Waals surface area (Å²) >= 11 is 0. The lowest BCUT2D eigenvalue weighted by molar-refractivity contribution is 0.166. The number of benzene rings is 1. The standard InChI is InChI=1S/C24H22N4O/c1-15-3-2-4-22(28-15)24-23(26-14-27-24)17-7-10-21-18(11-17)12-19(13-25-21)16-5-8-20(29)9-6-16/h2-5,7,10-14,20,29H,6,8-9H2,1H3,(H,26,27). The topological polar surface area (TPSA) is 74.7 Å². The fourth-order valence-corrected chi connectivity index (χ4v) is 3.93. The quantitative estimate of drug-likeness (QED) is 0.527. The highest BCUT2D eigenvalue weighted by Crippen LogP contribution is 2.32. The molecule has 2 N–H and O–H groups in total. The Bertz CT molecular complexity index is 1220. The number of nitrogens with one attached hydrogen (secondary N) is 1. The van der Waals surface area contributed by atoms with Crippen molar-refractivity contribution in [2.45, 2.75) is 32.3 Å². The predicted octanol–water partition coefficient (Wildman–Crippen LogP) is 4.92. The number of rotatable bonds is 3. The molecule has 0 fully saturated rings. The van der Waals surface area contributed by atoms with Crippen LogP contribution in [-0.4, -0.2) is 31.1 Å². The number of aliphatic hydroxyl groups excluding tert-OH is 1. The third kappa shape index (κ3) is 3.45. The van der Waals surface area contributed by atoms with Crippen molar-refractivity contribution in [2.24, 2.45) is 0 Å². The van der Waals surface area contributed by atoms with Gasteiger partial charge in [0.05, 0.1) is 35.0 Å². The summed E-state index contributed by atoms with van der Waals surface area (Å²) in [5.41, 5.74) is 8.04. The van der Waals surface area contributed by atoms with Gasteiger partial charge in [-0.15, -0.1) is 0 Å². The largest absolute Gasteiger partial charge is 0.393 e. The maximum Gasteiger partial charge on any atom is 0.0977 e. The highest BCUT2D eigenvalue weighted by molar-refractivity contribution is 5.88. The Morgan fingerprint density at radius 2 is 1.97 bits per heavy atom. The van der Waals surface area contributed by atoms with E-state index in [0.717, 1.165) is 57.6 Å². The van der Waals surface area contributed by atoms with Gasteiger partial charge in [0.15, 0.2) is 0 Å². The summed E-state index contributed by atoms with van der Waals surface area (Å²) in [6, 6.07) is 14.4. The van der Waals surface area contributed by atoms with E-state index in [1.165, 1.54) is 5.57 Å². The van der Waals surface area contributed by atoms with Crippen molar-refractivity contribution in [1.82, 2.24) is 19.9 Å². The maximum absolute atomic E-state index is 9.75. The molecule has 0 aliphatic heterocycles. The van der Waals surface area contributed by atoms with Crippen molar-refractivity contribution >= 4 is 16.5 Å². The lowest BCUT2D eigenvalue weighted by Gasteiger charge is -2.17. The van der Waals surface area contributed by atoms with Crippen LogP contribution in [0.4, 0.5) is 0 Å². The van der Waals surface area contributed by atoms with Gasteiger partial charge in [0.2, 0.25) is 0 Å². The number of hydrogen-bond donors (Lipinski definition) is 2. The van der Waals surface area contributed by atoms with E-state index >= 15 is 0 Å². The fraction of sp³-hybridized carbons (Fsp3) is 0.208. The molecule has 3 aromatic heterocycles. The third-order valence-electron chi connectivity index (χ3n) is 5.49. The average Bonchev–Trinajstić information content (AvgIpc) is 3.23. The van der Waals surface area contributed by atoms with Crippen molar-refractivity contribution in [3.05, 3.63) is 72.3 Å². The SMILES string of the molecule is Cc1cccc(-c2[nH]cnc2-c2ccc3ncc(C4=CCC(O)CC4)cc3c2)n1. The molecular formula is C24H22N4O. The first-order valence-corrected chi connectivity index (χ1v) is 9.92. The number of aromatic amines is 1. The van der Waals surface area contributed by atoms with E-state index in [2.05, 4.69) is 44.2 Å². The third-order valence-corrected chi connectivity index (χ3v) is 5.49. The Labute approximate surface area is 169 Å². The van der Waals surface area contributed by atoms with E-state index in [-0.39, 0.29) is 6.10 Å². The van der Waals surface area contributed by atoms with Gasteiger partial charge in [-0.05, 0) is 67.7 Å². The minimum absolute atomic E-state index is 0.216. The van der Waals surface area contributed by atoms with Gasteiger partial charge in [-0.2, -0.15) is 0 Å². The van der Waals surface area contributed by atoms with Crippen molar-refractivity contribution in [3.8, 4) is 22.6 Å². The highest BCUT2D eigenvalue weighted by atomic mass is 16.3. The number of pyridine rings is 2. The molecule has 0 radical (unpaired) electrons. The van der Waals surface area contributed by atoms with Gasteiger partial charge in [-0.25, -0.2) is 4.98 Å². The lowest BCUT2D eigenvalue weighted by Crippen LogP contribution is -2.09. The van der Waals surface area contributed by atoms with Gasteiger partial charge in [0.25, 0.3) is 0 Å². The summed E-state index contributed by atoms with van der Waals surface area (Å²) in [5, 5.41) is 10.8. The van der Waals surface area contributed by atoms with Gasteiger partial charge < -0.3 is 10.1 Å².